The van der Waals surface area contributed by atoms with Gasteiger partial charge in [-0.3, -0.25) is 5.41 Å². The minimum absolute atomic E-state index is 0.0146. The summed E-state index contributed by atoms with van der Waals surface area (Å²) >= 11 is 0. The topological polar surface area (TPSA) is 88.6 Å². The predicted molar refractivity (Wildman–Crippen MR) is 80.7 cm³/mol. The third kappa shape index (κ3) is 3.73. The van der Waals surface area contributed by atoms with Gasteiger partial charge in [0.25, 0.3) is 0 Å². The number of hydrogen-bond donors (Lipinski definition) is 3. The van der Waals surface area contributed by atoms with Gasteiger partial charge in [0.1, 0.15) is 23.9 Å². The molecule has 5 heteroatoms. The number of nitrogens with one attached hydrogen (secondary N) is 1. The highest BCUT2D eigenvalue weighted by atomic mass is 16.5. The Balaban J connectivity index is 2.08. The van der Waals surface area contributed by atoms with Crippen molar-refractivity contribution >= 4 is 5.84 Å². The molecule has 0 aliphatic carbocycles. The lowest BCUT2D eigenvalue weighted by Crippen LogP contribution is -2.13. The number of methoxy groups -OCH3 is 1. The first kappa shape index (κ1) is 14.9. The van der Waals surface area contributed by atoms with Gasteiger partial charge in [0.2, 0.25) is 0 Å². The molecule has 0 atom stereocenters. The summed E-state index contributed by atoms with van der Waals surface area (Å²) in [5.41, 5.74) is 7.82. The molecule has 0 heterocycles. The lowest BCUT2D eigenvalue weighted by atomic mass is 10.1. The van der Waals surface area contributed by atoms with E-state index in [0.717, 1.165) is 11.1 Å². The second-order valence-electron chi connectivity index (χ2n) is 4.54. The van der Waals surface area contributed by atoms with Crippen LogP contribution in [0.15, 0.2) is 42.5 Å². The van der Waals surface area contributed by atoms with E-state index in [1.807, 2.05) is 18.2 Å². The molecule has 5 nitrogen and oxygen atoms in total. The smallest absolute Gasteiger partial charge is 0.129 e. The fraction of sp³-hybridized carbons (Fsp3) is 0.188. The van der Waals surface area contributed by atoms with Crippen LogP contribution in [0.5, 0.6) is 11.5 Å². The lowest BCUT2D eigenvalue weighted by Gasteiger charge is -2.11. The largest absolute Gasteiger partial charge is 0.496 e. The van der Waals surface area contributed by atoms with Crippen LogP contribution in [0.3, 0.4) is 0 Å². The first-order valence-corrected chi connectivity index (χ1v) is 6.48. The van der Waals surface area contributed by atoms with Crippen molar-refractivity contribution in [3.8, 4) is 11.5 Å². The van der Waals surface area contributed by atoms with E-state index in [1.165, 1.54) is 0 Å². The summed E-state index contributed by atoms with van der Waals surface area (Å²) in [5, 5.41) is 16.5. The molecule has 2 rings (SSSR count). The van der Waals surface area contributed by atoms with Crippen LogP contribution in [0, 0.1) is 5.41 Å². The number of aliphatic hydroxyl groups excluding tert-OH is 1. The Morgan fingerprint density at radius 1 is 1.14 bits per heavy atom. The maximum Gasteiger partial charge on any atom is 0.129 e. The molecule has 0 aliphatic heterocycles. The SMILES string of the molecule is COc1ccc(COc2ccc(CO)cc2)cc1C(=N)N. The number of ether oxygens (including phenoxy) is 2. The summed E-state index contributed by atoms with van der Waals surface area (Å²) in [6, 6.07) is 12.7. The summed E-state index contributed by atoms with van der Waals surface area (Å²) in [4.78, 5) is 0. The van der Waals surface area contributed by atoms with Crippen molar-refractivity contribution in [2.45, 2.75) is 13.2 Å². The molecule has 2 aromatic rings. The van der Waals surface area contributed by atoms with E-state index in [-0.39, 0.29) is 12.4 Å². The van der Waals surface area contributed by atoms with E-state index < -0.39 is 0 Å². The molecule has 0 aliphatic rings. The van der Waals surface area contributed by atoms with Crippen molar-refractivity contribution in [3.63, 3.8) is 0 Å². The molecule has 0 fully saturated rings. The van der Waals surface area contributed by atoms with Gasteiger partial charge in [-0.25, -0.2) is 0 Å². The minimum Gasteiger partial charge on any atom is -0.496 e. The van der Waals surface area contributed by atoms with Crippen molar-refractivity contribution < 1.29 is 14.6 Å². The molecule has 0 amide bonds. The van der Waals surface area contributed by atoms with Gasteiger partial charge in [-0.2, -0.15) is 0 Å². The van der Waals surface area contributed by atoms with E-state index in [2.05, 4.69) is 0 Å². The van der Waals surface area contributed by atoms with Gasteiger partial charge in [-0.05, 0) is 35.4 Å². The van der Waals surface area contributed by atoms with E-state index in [9.17, 15) is 0 Å². The zero-order valence-electron chi connectivity index (χ0n) is 11.8. The Morgan fingerprint density at radius 2 is 1.81 bits per heavy atom. The highest BCUT2D eigenvalue weighted by Gasteiger charge is 2.07. The maximum atomic E-state index is 8.98. The van der Waals surface area contributed by atoms with Gasteiger partial charge in [0.05, 0.1) is 19.3 Å². The Kier molecular flexibility index (Phi) is 4.79. The molecular weight excluding hydrogens is 268 g/mol. The molecule has 0 aromatic heterocycles. The summed E-state index contributed by atoms with van der Waals surface area (Å²) in [5.74, 6) is 1.24. The summed E-state index contributed by atoms with van der Waals surface area (Å²) in [6.07, 6.45) is 0. The Labute approximate surface area is 123 Å². The number of rotatable bonds is 6. The molecule has 110 valence electrons. The van der Waals surface area contributed by atoms with E-state index in [4.69, 9.17) is 25.7 Å². The number of benzene rings is 2. The van der Waals surface area contributed by atoms with Crippen LogP contribution in [0.25, 0.3) is 0 Å². The summed E-state index contributed by atoms with van der Waals surface area (Å²) < 4.78 is 10.8. The van der Waals surface area contributed by atoms with Crippen LogP contribution in [0.2, 0.25) is 0 Å². The zero-order valence-corrected chi connectivity index (χ0v) is 11.8. The quantitative estimate of drug-likeness (QED) is 0.560. The molecule has 4 N–H and O–H groups in total. The molecular formula is C16H18N2O3. The summed E-state index contributed by atoms with van der Waals surface area (Å²) in [7, 11) is 1.54. The number of hydrogen-bond acceptors (Lipinski definition) is 4. The Morgan fingerprint density at radius 3 is 2.38 bits per heavy atom. The van der Waals surface area contributed by atoms with Crippen LogP contribution < -0.4 is 15.2 Å². The van der Waals surface area contributed by atoms with Crippen LogP contribution >= 0.6 is 0 Å². The average Bonchev–Trinajstić information content (AvgIpc) is 2.53. The number of nitrogens with two attached hydrogens (primary N) is 1. The Bertz CT molecular complexity index is 624. The first-order valence-electron chi connectivity index (χ1n) is 6.48. The Hall–Kier alpha value is -2.53. The van der Waals surface area contributed by atoms with Crippen LogP contribution in [-0.2, 0) is 13.2 Å². The monoisotopic (exact) mass is 286 g/mol. The van der Waals surface area contributed by atoms with Gasteiger partial charge >= 0.3 is 0 Å². The second kappa shape index (κ2) is 6.76. The normalized spacial score (nSPS) is 10.2. The highest BCUT2D eigenvalue weighted by molar-refractivity contribution is 5.97. The fourth-order valence-corrected chi connectivity index (χ4v) is 1.91. The summed E-state index contributed by atoms with van der Waals surface area (Å²) in [6.45, 7) is 0.378. The van der Waals surface area contributed by atoms with Gasteiger partial charge < -0.3 is 20.3 Å². The molecule has 0 saturated carbocycles. The van der Waals surface area contributed by atoms with Crippen LogP contribution in [0.1, 0.15) is 16.7 Å². The molecule has 0 spiro atoms. The molecule has 2 aromatic carbocycles. The lowest BCUT2D eigenvalue weighted by molar-refractivity contribution is 0.280. The van der Waals surface area contributed by atoms with Gasteiger partial charge in [-0.15, -0.1) is 0 Å². The third-order valence-corrected chi connectivity index (χ3v) is 3.07. The molecule has 0 bridgehead atoms. The third-order valence-electron chi connectivity index (χ3n) is 3.07. The first-order chi connectivity index (χ1) is 10.1. The molecule has 21 heavy (non-hydrogen) atoms. The van der Waals surface area contributed by atoms with Crippen LogP contribution in [-0.4, -0.2) is 18.1 Å². The fourth-order valence-electron chi connectivity index (χ4n) is 1.91. The van der Waals surface area contributed by atoms with Crippen molar-refractivity contribution in [3.05, 3.63) is 59.2 Å². The average molecular weight is 286 g/mol. The number of aliphatic hydroxyl groups is 1. The van der Waals surface area contributed by atoms with Gasteiger partial charge in [0, 0.05) is 0 Å². The maximum absolute atomic E-state index is 8.98. The standard InChI is InChI=1S/C16H18N2O3/c1-20-15-7-4-12(8-14(15)16(17)18)10-21-13-5-2-11(9-19)3-6-13/h2-8,19H,9-10H2,1H3,(H3,17,18). The number of nitrogen functional groups attached to an aromatic ring is 1. The van der Waals surface area contributed by atoms with Crippen molar-refractivity contribution in [1.82, 2.24) is 0 Å². The van der Waals surface area contributed by atoms with Gasteiger partial charge in [0.15, 0.2) is 0 Å². The van der Waals surface area contributed by atoms with Crippen molar-refractivity contribution in [2.75, 3.05) is 7.11 Å². The van der Waals surface area contributed by atoms with E-state index in [0.29, 0.717) is 23.7 Å². The minimum atomic E-state index is -0.0407. The predicted octanol–water partition coefficient (Wildman–Crippen LogP) is 2.05. The van der Waals surface area contributed by atoms with Crippen molar-refractivity contribution in [2.24, 2.45) is 5.73 Å². The molecule has 0 radical (unpaired) electrons. The number of amidine groups is 1. The molecule has 0 saturated heterocycles. The van der Waals surface area contributed by atoms with E-state index >= 15 is 0 Å². The highest BCUT2D eigenvalue weighted by Crippen LogP contribution is 2.21. The van der Waals surface area contributed by atoms with Crippen LogP contribution in [0.4, 0.5) is 0 Å². The second-order valence-corrected chi connectivity index (χ2v) is 4.54. The molecule has 0 unspecified atom stereocenters. The van der Waals surface area contributed by atoms with Gasteiger partial charge in [-0.1, -0.05) is 18.2 Å². The van der Waals surface area contributed by atoms with Crippen molar-refractivity contribution in [1.29, 1.82) is 5.41 Å². The van der Waals surface area contributed by atoms with E-state index in [1.54, 1.807) is 31.4 Å². The zero-order chi connectivity index (χ0) is 15.2.